The van der Waals surface area contributed by atoms with Gasteiger partial charge in [-0.25, -0.2) is 0 Å². The highest BCUT2D eigenvalue weighted by molar-refractivity contribution is 6.35. The monoisotopic (exact) mass is 455 g/mol. The van der Waals surface area contributed by atoms with Crippen LogP contribution in [0.15, 0.2) is 48.4 Å². The summed E-state index contributed by atoms with van der Waals surface area (Å²) in [5, 5.41) is 0. The Balaban J connectivity index is 2.09. The Morgan fingerprint density at radius 1 is 0.848 bits per heavy atom. The highest BCUT2D eigenvalue weighted by atomic mass is 16.5. The van der Waals surface area contributed by atoms with Gasteiger partial charge in [0, 0.05) is 39.7 Å². The van der Waals surface area contributed by atoms with Crippen LogP contribution in [0.5, 0.6) is 11.5 Å². The molecule has 0 radical (unpaired) electrons. The standard InChI is InChI=1S/C24H29N3O6/c1-30-13-11-26(12-14-31-2)22-21(18-5-6-19(32-3)20(15-18)33-4)23(28)27(24(22)29)16-17-7-9-25-10-8-17/h5-10,15H,11-14,16H2,1-4H3. The number of aromatic nitrogens is 1. The normalized spacial score (nSPS) is 13.6. The molecule has 9 nitrogen and oxygen atoms in total. The van der Waals surface area contributed by atoms with E-state index in [1.165, 1.54) is 12.0 Å². The molecule has 0 saturated heterocycles. The van der Waals surface area contributed by atoms with E-state index in [-0.39, 0.29) is 18.4 Å². The topological polar surface area (TPSA) is 90.4 Å². The van der Waals surface area contributed by atoms with Crippen LogP contribution in [0.4, 0.5) is 0 Å². The van der Waals surface area contributed by atoms with Gasteiger partial charge in [-0.3, -0.25) is 19.5 Å². The van der Waals surface area contributed by atoms with Gasteiger partial charge >= 0.3 is 0 Å². The Morgan fingerprint density at radius 3 is 2.06 bits per heavy atom. The third kappa shape index (κ3) is 5.32. The van der Waals surface area contributed by atoms with Gasteiger partial charge in [-0.15, -0.1) is 0 Å². The molecule has 0 atom stereocenters. The lowest BCUT2D eigenvalue weighted by molar-refractivity contribution is -0.138. The van der Waals surface area contributed by atoms with E-state index in [9.17, 15) is 9.59 Å². The van der Waals surface area contributed by atoms with Crippen LogP contribution in [0, 0.1) is 0 Å². The van der Waals surface area contributed by atoms with Crippen molar-refractivity contribution in [1.29, 1.82) is 0 Å². The minimum atomic E-state index is -0.376. The number of imide groups is 1. The number of nitrogens with zero attached hydrogens (tertiary/aromatic N) is 3. The zero-order valence-electron chi connectivity index (χ0n) is 19.4. The van der Waals surface area contributed by atoms with Crippen molar-refractivity contribution in [3.63, 3.8) is 0 Å². The number of rotatable bonds is 12. The van der Waals surface area contributed by atoms with Crippen molar-refractivity contribution in [2.75, 3.05) is 54.7 Å². The van der Waals surface area contributed by atoms with Crippen LogP contribution in [-0.2, 0) is 25.6 Å². The van der Waals surface area contributed by atoms with E-state index in [0.717, 1.165) is 5.56 Å². The van der Waals surface area contributed by atoms with Gasteiger partial charge in [0.25, 0.3) is 11.8 Å². The van der Waals surface area contributed by atoms with Crippen LogP contribution in [0.2, 0.25) is 0 Å². The van der Waals surface area contributed by atoms with E-state index in [2.05, 4.69) is 4.98 Å². The third-order valence-electron chi connectivity index (χ3n) is 5.35. The number of carbonyl (C=O) groups is 2. The highest BCUT2D eigenvalue weighted by Gasteiger charge is 2.41. The van der Waals surface area contributed by atoms with E-state index in [1.54, 1.807) is 64.1 Å². The lowest BCUT2D eigenvalue weighted by Crippen LogP contribution is -2.37. The first kappa shape index (κ1) is 24.2. The Hall–Kier alpha value is -3.43. The summed E-state index contributed by atoms with van der Waals surface area (Å²) in [4.78, 5) is 34.3. The first-order valence-corrected chi connectivity index (χ1v) is 10.5. The van der Waals surface area contributed by atoms with Gasteiger partial charge in [-0.1, -0.05) is 6.07 Å². The van der Waals surface area contributed by atoms with Crippen molar-refractivity contribution in [3.8, 4) is 11.5 Å². The molecule has 3 rings (SSSR count). The molecule has 0 unspecified atom stereocenters. The maximum atomic E-state index is 13.6. The van der Waals surface area contributed by atoms with Gasteiger partial charge in [-0.2, -0.15) is 0 Å². The van der Waals surface area contributed by atoms with E-state index >= 15 is 0 Å². The SMILES string of the molecule is COCCN(CCOC)C1=C(c2ccc(OC)c(OC)c2)C(=O)N(Cc2ccncc2)C1=O. The second kappa shape index (κ2) is 11.4. The van der Waals surface area contributed by atoms with E-state index in [4.69, 9.17) is 18.9 Å². The third-order valence-corrected chi connectivity index (χ3v) is 5.35. The molecule has 1 aliphatic rings. The summed E-state index contributed by atoms with van der Waals surface area (Å²) in [6.45, 7) is 1.77. The van der Waals surface area contributed by atoms with Crippen LogP contribution in [0.3, 0.4) is 0 Å². The molecule has 0 bridgehead atoms. The molecule has 0 fully saturated rings. The van der Waals surface area contributed by atoms with Gasteiger partial charge in [0.2, 0.25) is 0 Å². The Kier molecular flexibility index (Phi) is 8.39. The molecule has 176 valence electrons. The zero-order chi connectivity index (χ0) is 23.8. The number of benzene rings is 1. The summed E-state index contributed by atoms with van der Waals surface area (Å²) in [6.07, 6.45) is 3.26. The molecule has 0 saturated carbocycles. The summed E-state index contributed by atoms with van der Waals surface area (Å²) in [7, 11) is 6.25. The fourth-order valence-corrected chi connectivity index (χ4v) is 3.66. The molecule has 2 amide bonds. The minimum Gasteiger partial charge on any atom is -0.493 e. The molecular weight excluding hydrogens is 426 g/mol. The van der Waals surface area contributed by atoms with Crippen LogP contribution in [0.25, 0.3) is 5.57 Å². The number of hydrogen-bond acceptors (Lipinski definition) is 8. The molecule has 1 aromatic carbocycles. The van der Waals surface area contributed by atoms with E-state index < -0.39 is 0 Å². The molecule has 9 heteroatoms. The molecule has 33 heavy (non-hydrogen) atoms. The molecule has 0 aliphatic carbocycles. The predicted molar refractivity (Wildman–Crippen MR) is 122 cm³/mol. The molecular formula is C24H29N3O6. The quantitative estimate of drug-likeness (QED) is 0.449. The number of pyridine rings is 1. The Morgan fingerprint density at radius 2 is 1.48 bits per heavy atom. The number of ether oxygens (including phenoxy) is 4. The molecule has 2 heterocycles. The van der Waals surface area contributed by atoms with Crippen LogP contribution in [0.1, 0.15) is 11.1 Å². The minimum absolute atomic E-state index is 0.142. The average Bonchev–Trinajstić information content (AvgIpc) is 3.09. The van der Waals surface area contributed by atoms with Crippen molar-refractivity contribution >= 4 is 17.4 Å². The van der Waals surface area contributed by atoms with Crippen LogP contribution < -0.4 is 9.47 Å². The zero-order valence-corrected chi connectivity index (χ0v) is 19.4. The van der Waals surface area contributed by atoms with E-state index in [0.29, 0.717) is 54.6 Å². The van der Waals surface area contributed by atoms with Gasteiger partial charge in [-0.05, 0) is 35.4 Å². The predicted octanol–water partition coefficient (Wildman–Crippen LogP) is 1.97. The van der Waals surface area contributed by atoms with Crippen molar-refractivity contribution in [2.45, 2.75) is 6.54 Å². The molecule has 0 N–H and O–H groups in total. The maximum Gasteiger partial charge on any atom is 0.278 e. The Labute approximate surface area is 193 Å². The number of amides is 2. The Bertz CT molecular complexity index is 1000. The second-order valence-corrected chi connectivity index (χ2v) is 7.32. The van der Waals surface area contributed by atoms with Crippen LogP contribution >= 0.6 is 0 Å². The first-order valence-electron chi connectivity index (χ1n) is 10.5. The number of carbonyl (C=O) groups excluding carboxylic acids is 2. The van der Waals surface area contributed by atoms with Gasteiger partial charge in [0.05, 0.1) is 39.6 Å². The lowest BCUT2D eigenvalue weighted by atomic mass is 10.0. The number of methoxy groups -OCH3 is 4. The number of hydrogen-bond donors (Lipinski definition) is 0. The van der Waals surface area contributed by atoms with Crippen molar-refractivity contribution < 1.29 is 28.5 Å². The van der Waals surface area contributed by atoms with Gasteiger partial charge < -0.3 is 23.8 Å². The smallest absolute Gasteiger partial charge is 0.278 e. The fourth-order valence-electron chi connectivity index (χ4n) is 3.66. The molecule has 0 spiro atoms. The summed E-state index contributed by atoms with van der Waals surface area (Å²) < 4.78 is 21.2. The van der Waals surface area contributed by atoms with Crippen LogP contribution in [-0.4, -0.2) is 81.3 Å². The first-order chi connectivity index (χ1) is 16.0. The highest BCUT2D eigenvalue weighted by Crippen LogP contribution is 2.36. The molecule has 1 aromatic heterocycles. The second-order valence-electron chi connectivity index (χ2n) is 7.32. The van der Waals surface area contributed by atoms with E-state index in [1.807, 2.05) is 4.90 Å². The summed E-state index contributed by atoms with van der Waals surface area (Å²) in [5.41, 5.74) is 2.00. The molecule has 2 aromatic rings. The van der Waals surface area contributed by atoms with Crippen molar-refractivity contribution in [2.24, 2.45) is 0 Å². The summed E-state index contributed by atoms with van der Waals surface area (Å²) in [5.74, 6) is 0.257. The average molecular weight is 456 g/mol. The van der Waals surface area contributed by atoms with Gasteiger partial charge in [0.1, 0.15) is 5.70 Å². The molecule has 1 aliphatic heterocycles. The fraction of sp³-hybridized carbons (Fsp3) is 0.375. The largest absolute Gasteiger partial charge is 0.493 e. The van der Waals surface area contributed by atoms with Crippen molar-refractivity contribution in [1.82, 2.24) is 14.8 Å². The summed E-state index contributed by atoms with van der Waals surface area (Å²) >= 11 is 0. The van der Waals surface area contributed by atoms with Gasteiger partial charge in [0.15, 0.2) is 11.5 Å². The van der Waals surface area contributed by atoms with Crippen molar-refractivity contribution in [3.05, 3.63) is 59.5 Å². The summed E-state index contributed by atoms with van der Waals surface area (Å²) in [6, 6.07) is 8.74. The maximum absolute atomic E-state index is 13.6. The lowest BCUT2D eigenvalue weighted by Gasteiger charge is -2.25.